The summed E-state index contributed by atoms with van der Waals surface area (Å²) in [7, 11) is -4.07. The summed E-state index contributed by atoms with van der Waals surface area (Å²) in [5.74, 6) is -1.94. The number of halogens is 3. The van der Waals surface area contributed by atoms with Gasteiger partial charge in [-0.15, -0.1) is 0 Å². The Hall–Kier alpha value is -1.58. The van der Waals surface area contributed by atoms with E-state index in [9.17, 15) is 27.4 Å². The van der Waals surface area contributed by atoms with Gasteiger partial charge in [-0.1, -0.05) is 29.3 Å². The van der Waals surface area contributed by atoms with Crippen LogP contribution < -0.4 is 0 Å². The van der Waals surface area contributed by atoms with Crippen molar-refractivity contribution in [1.82, 2.24) is 0 Å². The lowest BCUT2D eigenvalue weighted by Crippen LogP contribution is -2.45. The summed E-state index contributed by atoms with van der Waals surface area (Å²) in [6.45, 7) is 1.29. The highest BCUT2D eigenvalue weighted by atomic mass is 35.5. The van der Waals surface area contributed by atoms with Crippen LogP contribution in [0.4, 0.5) is 8.78 Å². The van der Waals surface area contributed by atoms with E-state index in [0.717, 1.165) is 17.7 Å². The highest BCUT2D eigenvalue weighted by Crippen LogP contribution is 2.44. The van der Waals surface area contributed by atoms with Gasteiger partial charge in [0.1, 0.15) is 11.6 Å². The van der Waals surface area contributed by atoms with Crippen LogP contribution in [0.5, 0.6) is 0 Å². The predicted molar refractivity (Wildman–Crippen MR) is 103 cm³/mol. The van der Waals surface area contributed by atoms with E-state index in [1.807, 2.05) is 6.92 Å². The van der Waals surface area contributed by atoms with Crippen LogP contribution in [0.25, 0.3) is 0 Å². The van der Waals surface area contributed by atoms with Gasteiger partial charge in [0, 0.05) is 5.02 Å². The monoisotopic (exact) mass is 446 g/mol. The van der Waals surface area contributed by atoms with Crippen LogP contribution in [-0.4, -0.2) is 30.8 Å². The van der Waals surface area contributed by atoms with Crippen molar-refractivity contribution in [2.75, 3.05) is 6.61 Å². The van der Waals surface area contributed by atoms with Crippen molar-refractivity contribution >= 4 is 21.7 Å². The third-order valence-corrected chi connectivity index (χ3v) is 6.77. The van der Waals surface area contributed by atoms with Crippen molar-refractivity contribution in [3.8, 4) is 0 Å². The van der Waals surface area contributed by atoms with Crippen molar-refractivity contribution in [1.29, 1.82) is 0 Å². The van der Waals surface area contributed by atoms with Crippen LogP contribution in [0, 0.1) is 18.6 Å². The van der Waals surface area contributed by atoms with E-state index in [1.54, 1.807) is 12.1 Å². The Morgan fingerprint density at radius 1 is 1.03 bits per heavy atom. The van der Waals surface area contributed by atoms with Crippen LogP contribution in [0.15, 0.2) is 41.3 Å². The molecule has 2 aromatic carbocycles. The molecule has 2 N–H and O–H groups in total. The SMILES string of the molecule is Cc1ccc(S(=O)(=O)OCC2(O)CCC(O)(c3c(F)cc(Cl)cc3F)CC2)cc1. The van der Waals surface area contributed by atoms with Gasteiger partial charge in [0.25, 0.3) is 10.1 Å². The number of benzene rings is 2. The van der Waals surface area contributed by atoms with Gasteiger partial charge in [0.15, 0.2) is 0 Å². The van der Waals surface area contributed by atoms with Gasteiger partial charge in [-0.05, 0) is 56.9 Å². The topological polar surface area (TPSA) is 83.8 Å². The standard InChI is InChI=1S/C20H21ClF2O5S/c1-13-2-4-15(5-3-13)29(26,27)28-12-19(24)6-8-20(25,9-7-19)18-16(22)10-14(21)11-17(18)23/h2-5,10-11,24-25H,6-9,12H2,1H3. The van der Waals surface area contributed by atoms with E-state index in [2.05, 4.69) is 0 Å². The third kappa shape index (κ3) is 4.78. The number of aliphatic hydroxyl groups is 2. The van der Waals surface area contributed by atoms with Crippen molar-refractivity contribution < 1.29 is 31.6 Å². The summed E-state index contributed by atoms with van der Waals surface area (Å²) in [6.07, 6.45) is -0.553. The van der Waals surface area contributed by atoms with Crippen molar-refractivity contribution in [3.05, 3.63) is 64.2 Å². The van der Waals surface area contributed by atoms with Crippen molar-refractivity contribution in [2.45, 2.75) is 48.7 Å². The Morgan fingerprint density at radius 3 is 2.07 bits per heavy atom. The molecule has 0 unspecified atom stereocenters. The zero-order valence-electron chi connectivity index (χ0n) is 15.7. The molecule has 0 heterocycles. The number of rotatable bonds is 5. The first-order valence-electron chi connectivity index (χ1n) is 9.00. The first-order chi connectivity index (χ1) is 13.4. The number of hydrogen-bond donors (Lipinski definition) is 2. The predicted octanol–water partition coefficient (Wildman–Crippen LogP) is 3.82. The van der Waals surface area contributed by atoms with E-state index in [0.29, 0.717) is 0 Å². The van der Waals surface area contributed by atoms with Gasteiger partial charge in [0.05, 0.1) is 28.3 Å². The molecule has 0 aromatic heterocycles. The molecule has 1 aliphatic rings. The molecule has 1 aliphatic carbocycles. The molecule has 0 radical (unpaired) electrons. The van der Waals surface area contributed by atoms with E-state index >= 15 is 0 Å². The van der Waals surface area contributed by atoms with Crippen LogP contribution in [0.2, 0.25) is 5.02 Å². The molecule has 3 rings (SSSR count). The zero-order valence-corrected chi connectivity index (χ0v) is 17.2. The van der Waals surface area contributed by atoms with Gasteiger partial charge in [-0.25, -0.2) is 8.78 Å². The van der Waals surface area contributed by atoms with Gasteiger partial charge < -0.3 is 10.2 Å². The summed E-state index contributed by atoms with van der Waals surface area (Å²) < 4.78 is 58.0. The minimum absolute atomic E-state index is 0.0377. The van der Waals surface area contributed by atoms with Crippen LogP contribution >= 0.6 is 11.6 Å². The molecule has 0 aliphatic heterocycles. The fourth-order valence-corrected chi connectivity index (χ4v) is 4.64. The molecular formula is C20H21ClF2O5S. The molecule has 0 amide bonds. The molecule has 0 spiro atoms. The van der Waals surface area contributed by atoms with E-state index in [-0.39, 0.29) is 35.6 Å². The normalized spacial score (nSPS) is 25.2. The fourth-order valence-electron chi connectivity index (χ4n) is 3.47. The zero-order chi connectivity index (χ0) is 21.4. The molecule has 9 heteroatoms. The average Bonchev–Trinajstić information content (AvgIpc) is 2.63. The second-order valence-electron chi connectivity index (χ2n) is 7.53. The first kappa shape index (κ1) is 22.1. The van der Waals surface area contributed by atoms with Crippen molar-refractivity contribution in [2.24, 2.45) is 0 Å². The summed E-state index contributed by atoms with van der Waals surface area (Å²) in [5, 5.41) is 21.3. The quantitative estimate of drug-likeness (QED) is 0.682. The lowest BCUT2D eigenvalue weighted by atomic mass is 9.73. The fraction of sp³-hybridized carbons (Fsp3) is 0.400. The molecular weight excluding hydrogens is 426 g/mol. The Balaban J connectivity index is 1.70. The molecule has 1 fully saturated rings. The highest BCUT2D eigenvalue weighted by molar-refractivity contribution is 7.86. The van der Waals surface area contributed by atoms with Gasteiger partial charge in [-0.2, -0.15) is 8.42 Å². The largest absolute Gasteiger partial charge is 0.387 e. The third-order valence-electron chi connectivity index (χ3n) is 5.27. The molecule has 29 heavy (non-hydrogen) atoms. The molecule has 1 saturated carbocycles. The second-order valence-corrected chi connectivity index (χ2v) is 9.58. The van der Waals surface area contributed by atoms with E-state index < -0.39 is 45.1 Å². The lowest BCUT2D eigenvalue weighted by molar-refractivity contribution is -0.102. The van der Waals surface area contributed by atoms with Crippen molar-refractivity contribution in [3.63, 3.8) is 0 Å². The van der Waals surface area contributed by atoms with Crippen LogP contribution in [0.3, 0.4) is 0 Å². The maximum Gasteiger partial charge on any atom is 0.297 e. The minimum atomic E-state index is -4.07. The molecule has 2 aromatic rings. The maximum absolute atomic E-state index is 14.2. The summed E-state index contributed by atoms with van der Waals surface area (Å²) in [4.78, 5) is -0.0377. The number of hydrogen-bond acceptors (Lipinski definition) is 5. The van der Waals surface area contributed by atoms with Crippen LogP contribution in [-0.2, 0) is 19.9 Å². The van der Waals surface area contributed by atoms with E-state index in [4.69, 9.17) is 15.8 Å². The molecule has 0 bridgehead atoms. The average molecular weight is 447 g/mol. The van der Waals surface area contributed by atoms with Gasteiger partial charge >= 0.3 is 0 Å². The molecule has 158 valence electrons. The minimum Gasteiger partial charge on any atom is -0.387 e. The Bertz CT molecular complexity index is 977. The second kappa shape index (κ2) is 7.92. The smallest absolute Gasteiger partial charge is 0.297 e. The van der Waals surface area contributed by atoms with E-state index in [1.165, 1.54) is 12.1 Å². The Morgan fingerprint density at radius 2 is 1.55 bits per heavy atom. The Labute approximate surface area is 173 Å². The maximum atomic E-state index is 14.2. The lowest BCUT2D eigenvalue weighted by Gasteiger charge is -2.41. The molecule has 0 saturated heterocycles. The van der Waals surface area contributed by atoms with Gasteiger partial charge in [0.2, 0.25) is 0 Å². The summed E-state index contributed by atoms with van der Waals surface area (Å²) >= 11 is 5.62. The Kier molecular flexibility index (Phi) is 6.04. The molecule has 0 atom stereocenters. The number of aryl methyl sites for hydroxylation is 1. The highest BCUT2D eigenvalue weighted by Gasteiger charge is 2.45. The summed E-state index contributed by atoms with van der Waals surface area (Å²) in [5.41, 5.74) is -3.00. The van der Waals surface area contributed by atoms with Gasteiger partial charge in [-0.3, -0.25) is 4.18 Å². The molecule has 5 nitrogen and oxygen atoms in total. The first-order valence-corrected chi connectivity index (χ1v) is 10.8. The van der Waals surface area contributed by atoms with Crippen LogP contribution in [0.1, 0.15) is 36.8 Å². The summed E-state index contributed by atoms with van der Waals surface area (Å²) in [6, 6.07) is 7.88.